The normalized spacial score (nSPS) is 12.0. The number of benzene rings is 2. The topological polar surface area (TPSA) is 102 Å². The van der Waals surface area contributed by atoms with Crippen molar-refractivity contribution >= 4 is 21.4 Å². The van der Waals surface area contributed by atoms with Crippen LogP contribution < -0.4 is 4.83 Å². The van der Waals surface area contributed by atoms with Crippen molar-refractivity contribution in [1.29, 1.82) is 0 Å². The van der Waals surface area contributed by atoms with Crippen LogP contribution in [0.3, 0.4) is 0 Å². The lowest BCUT2D eigenvalue weighted by Crippen LogP contribution is -2.20. The lowest BCUT2D eigenvalue weighted by molar-refractivity contribution is -0.384. The van der Waals surface area contributed by atoms with Gasteiger partial charge < -0.3 is 0 Å². The summed E-state index contributed by atoms with van der Waals surface area (Å²) in [5.41, 5.74) is 1.44. The molecule has 0 spiro atoms. The van der Waals surface area contributed by atoms with Crippen LogP contribution in [0.15, 0.2) is 64.6 Å². The van der Waals surface area contributed by atoms with Crippen LogP contribution >= 0.6 is 0 Å². The number of nitro groups is 1. The zero-order valence-electron chi connectivity index (χ0n) is 12.3. The Morgan fingerprint density at radius 1 is 1.13 bits per heavy atom. The first-order valence-electron chi connectivity index (χ1n) is 6.72. The molecule has 1 N–H and O–H groups in total. The minimum Gasteiger partial charge on any atom is -0.258 e. The highest BCUT2D eigenvalue weighted by Crippen LogP contribution is 2.15. The van der Waals surface area contributed by atoms with Gasteiger partial charge in [-0.1, -0.05) is 30.3 Å². The van der Waals surface area contributed by atoms with Crippen LogP contribution in [0.5, 0.6) is 0 Å². The Labute approximate surface area is 133 Å². The number of hydrogen-bond donors (Lipinski definition) is 1. The number of rotatable bonds is 6. The molecule has 0 aliphatic carbocycles. The van der Waals surface area contributed by atoms with E-state index in [1.165, 1.54) is 12.1 Å². The van der Waals surface area contributed by atoms with Crippen LogP contribution in [0.25, 0.3) is 0 Å². The first-order chi connectivity index (χ1) is 10.9. The summed E-state index contributed by atoms with van der Waals surface area (Å²) in [5, 5.41) is 14.4. The van der Waals surface area contributed by atoms with Gasteiger partial charge in [-0.05, 0) is 24.6 Å². The molecule has 0 radical (unpaired) electrons. The van der Waals surface area contributed by atoms with Crippen molar-refractivity contribution in [2.75, 3.05) is 0 Å². The van der Waals surface area contributed by atoms with Crippen molar-refractivity contribution < 1.29 is 13.3 Å². The molecule has 0 amide bonds. The van der Waals surface area contributed by atoms with Crippen LogP contribution in [-0.2, 0) is 16.4 Å². The quantitative estimate of drug-likeness (QED) is 0.498. The molecule has 8 heteroatoms. The number of hydrazone groups is 1. The summed E-state index contributed by atoms with van der Waals surface area (Å²) in [4.78, 5) is 12.0. The van der Waals surface area contributed by atoms with Crippen LogP contribution in [0.4, 0.5) is 5.69 Å². The summed E-state index contributed by atoms with van der Waals surface area (Å²) in [6, 6.07) is 14.1. The summed E-state index contributed by atoms with van der Waals surface area (Å²) in [7, 11) is -3.85. The maximum Gasteiger partial charge on any atom is 0.276 e. The zero-order chi connectivity index (χ0) is 16.9. The van der Waals surface area contributed by atoms with Crippen molar-refractivity contribution in [3.8, 4) is 0 Å². The Morgan fingerprint density at radius 2 is 1.74 bits per heavy atom. The van der Waals surface area contributed by atoms with Gasteiger partial charge in [-0.3, -0.25) is 10.1 Å². The van der Waals surface area contributed by atoms with E-state index in [1.807, 2.05) is 30.3 Å². The molecule has 2 rings (SSSR count). The van der Waals surface area contributed by atoms with E-state index < -0.39 is 14.9 Å². The molecule has 0 saturated carbocycles. The Kier molecular flexibility index (Phi) is 5.07. The molecular weight excluding hydrogens is 318 g/mol. The standard InChI is InChI=1S/C15H15N3O4S/c1-12(11-13-5-3-2-4-6-13)16-17-23(21,22)15-9-7-14(8-10-15)18(19)20/h2-10,17H,11H2,1H3/b16-12-. The monoisotopic (exact) mass is 333 g/mol. The van der Waals surface area contributed by atoms with Crippen molar-refractivity contribution in [2.24, 2.45) is 5.10 Å². The highest BCUT2D eigenvalue weighted by molar-refractivity contribution is 7.89. The fraction of sp³-hybridized carbons (Fsp3) is 0.133. The fourth-order valence-corrected chi connectivity index (χ4v) is 2.74. The molecule has 2 aromatic rings. The predicted octanol–water partition coefficient (Wildman–Crippen LogP) is 2.49. The van der Waals surface area contributed by atoms with E-state index in [0.717, 1.165) is 17.7 Å². The van der Waals surface area contributed by atoms with Gasteiger partial charge in [0.05, 0.1) is 9.82 Å². The minimum atomic E-state index is -3.85. The van der Waals surface area contributed by atoms with Gasteiger partial charge in [0.1, 0.15) is 0 Å². The molecule has 0 atom stereocenters. The molecule has 0 heterocycles. The predicted molar refractivity (Wildman–Crippen MR) is 86.7 cm³/mol. The Balaban J connectivity index is 2.08. The van der Waals surface area contributed by atoms with E-state index >= 15 is 0 Å². The molecule has 120 valence electrons. The van der Waals surface area contributed by atoms with Gasteiger partial charge >= 0.3 is 0 Å². The van der Waals surface area contributed by atoms with Crippen LogP contribution in [-0.4, -0.2) is 19.1 Å². The summed E-state index contributed by atoms with van der Waals surface area (Å²) in [6.45, 7) is 1.71. The summed E-state index contributed by atoms with van der Waals surface area (Å²) >= 11 is 0. The third-order valence-electron chi connectivity index (χ3n) is 3.02. The van der Waals surface area contributed by atoms with E-state index in [2.05, 4.69) is 9.93 Å². The molecule has 2 aromatic carbocycles. The van der Waals surface area contributed by atoms with E-state index in [-0.39, 0.29) is 10.6 Å². The second kappa shape index (κ2) is 7.01. The number of non-ortho nitro benzene ring substituents is 1. The lowest BCUT2D eigenvalue weighted by atomic mass is 10.1. The molecule has 7 nitrogen and oxygen atoms in total. The summed E-state index contributed by atoms with van der Waals surface area (Å²) in [6.07, 6.45) is 0.517. The zero-order valence-corrected chi connectivity index (χ0v) is 13.2. The summed E-state index contributed by atoms with van der Waals surface area (Å²) in [5.74, 6) is 0. The number of nitrogens with zero attached hydrogens (tertiary/aromatic N) is 2. The fourth-order valence-electron chi connectivity index (χ4n) is 1.87. The van der Waals surface area contributed by atoms with Gasteiger partial charge in [0.25, 0.3) is 15.7 Å². The van der Waals surface area contributed by atoms with Gasteiger partial charge in [0, 0.05) is 24.3 Å². The van der Waals surface area contributed by atoms with E-state index in [0.29, 0.717) is 12.1 Å². The first kappa shape index (κ1) is 16.6. The van der Waals surface area contributed by atoms with E-state index in [1.54, 1.807) is 6.92 Å². The number of nitro benzene ring substituents is 1. The van der Waals surface area contributed by atoms with Crippen molar-refractivity contribution in [3.63, 3.8) is 0 Å². The molecule has 0 aliphatic heterocycles. The van der Waals surface area contributed by atoms with E-state index in [9.17, 15) is 18.5 Å². The highest BCUT2D eigenvalue weighted by atomic mass is 32.2. The molecule has 23 heavy (non-hydrogen) atoms. The average molecular weight is 333 g/mol. The molecule has 0 unspecified atom stereocenters. The van der Waals surface area contributed by atoms with E-state index in [4.69, 9.17) is 0 Å². The van der Waals surface area contributed by atoms with Gasteiger partial charge in [0.2, 0.25) is 0 Å². The Hall–Kier alpha value is -2.74. The maximum atomic E-state index is 12.1. The van der Waals surface area contributed by atoms with Crippen molar-refractivity contribution in [3.05, 3.63) is 70.3 Å². The molecule has 0 fully saturated rings. The SMILES string of the molecule is C/C(Cc1ccccc1)=N/NS(=O)(=O)c1ccc([N+](=O)[O-])cc1. The second-order valence-corrected chi connectivity index (χ2v) is 6.52. The van der Waals surface area contributed by atoms with Crippen LogP contribution in [0.1, 0.15) is 12.5 Å². The average Bonchev–Trinajstić information content (AvgIpc) is 2.54. The molecule has 0 bridgehead atoms. The van der Waals surface area contributed by atoms with Crippen LogP contribution in [0, 0.1) is 10.1 Å². The van der Waals surface area contributed by atoms with Gasteiger partial charge in [-0.25, -0.2) is 4.83 Å². The van der Waals surface area contributed by atoms with Gasteiger partial charge in [-0.2, -0.15) is 13.5 Å². The molecular formula is C15H15N3O4S. The van der Waals surface area contributed by atoms with Crippen LogP contribution in [0.2, 0.25) is 0 Å². The van der Waals surface area contributed by atoms with Gasteiger partial charge in [0.15, 0.2) is 0 Å². The molecule has 0 aromatic heterocycles. The minimum absolute atomic E-state index is 0.0839. The third-order valence-corrected chi connectivity index (χ3v) is 4.24. The molecule has 0 aliphatic rings. The number of sulfonamides is 1. The first-order valence-corrected chi connectivity index (χ1v) is 8.20. The Morgan fingerprint density at radius 3 is 2.30 bits per heavy atom. The van der Waals surface area contributed by atoms with Gasteiger partial charge in [-0.15, -0.1) is 0 Å². The van der Waals surface area contributed by atoms with Crippen molar-refractivity contribution in [2.45, 2.75) is 18.2 Å². The Bertz CT molecular complexity index is 816. The van der Waals surface area contributed by atoms with Crippen molar-refractivity contribution in [1.82, 2.24) is 4.83 Å². The summed E-state index contributed by atoms with van der Waals surface area (Å²) < 4.78 is 24.2. The lowest BCUT2D eigenvalue weighted by Gasteiger charge is -2.05. The number of nitrogens with one attached hydrogen (secondary N) is 1. The molecule has 0 saturated heterocycles. The maximum absolute atomic E-state index is 12.1. The smallest absolute Gasteiger partial charge is 0.258 e. The highest BCUT2D eigenvalue weighted by Gasteiger charge is 2.15. The number of hydrogen-bond acceptors (Lipinski definition) is 5. The second-order valence-electron chi connectivity index (χ2n) is 4.86. The largest absolute Gasteiger partial charge is 0.276 e. The third kappa shape index (κ3) is 4.62.